The van der Waals surface area contributed by atoms with Crippen LogP contribution >= 0.6 is 7.75 Å². The van der Waals surface area contributed by atoms with Gasteiger partial charge >= 0.3 is 7.75 Å². The molecule has 0 bridgehead atoms. The number of anilines is 1. The van der Waals surface area contributed by atoms with Crippen molar-refractivity contribution < 1.29 is 13.6 Å². The first kappa shape index (κ1) is 15.0. The van der Waals surface area contributed by atoms with Crippen molar-refractivity contribution in [3.63, 3.8) is 0 Å². The van der Waals surface area contributed by atoms with Crippen LogP contribution in [0.15, 0.2) is 24.3 Å². The minimum absolute atomic E-state index is 0.225. The van der Waals surface area contributed by atoms with Crippen LogP contribution in [0.5, 0.6) is 0 Å². The van der Waals surface area contributed by atoms with Gasteiger partial charge in [0.2, 0.25) is 5.95 Å². The van der Waals surface area contributed by atoms with Crippen LogP contribution in [0.25, 0.3) is 11.0 Å². The smallest absolute Gasteiger partial charge is 0.324 e. The maximum Gasteiger partial charge on any atom is 0.435 e. The standard InChI is InChI=1S/C13H20N3O3P/c1-9(2)18-20(17,19-10(3)4)16-13-14-11-7-5-6-8-12(11)15-13/h5-10H,1-4H3,(H2,14,15,16,17). The second-order valence-electron chi connectivity index (χ2n) is 5.02. The van der Waals surface area contributed by atoms with Crippen LogP contribution in [0.1, 0.15) is 27.7 Å². The second kappa shape index (κ2) is 5.95. The van der Waals surface area contributed by atoms with Gasteiger partial charge in [0.25, 0.3) is 0 Å². The Hall–Kier alpha value is -1.36. The van der Waals surface area contributed by atoms with Crippen molar-refractivity contribution in [2.45, 2.75) is 39.9 Å². The number of rotatable bonds is 6. The molecule has 1 aromatic heterocycles. The summed E-state index contributed by atoms with van der Waals surface area (Å²) >= 11 is 0. The van der Waals surface area contributed by atoms with Crippen molar-refractivity contribution in [1.29, 1.82) is 0 Å². The largest absolute Gasteiger partial charge is 0.435 e. The molecule has 0 aliphatic heterocycles. The van der Waals surface area contributed by atoms with Gasteiger partial charge in [0.05, 0.1) is 23.2 Å². The van der Waals surface area contributed by atoms with Crippen LogP contribution in [0, 0.1) is 0 Å². The highest BCUT2D eigenvalue weighted by atomic mass is 31.2. The van der Waals surface area contributed by atoms with Crippen molar-refractivity contribution in [3.05, 3.63) is 24.3 Å². The van der Waals surface area contributed by atoms with Crippen molar-refractivity contribution in [2.24, 2.45) is 0 Å². The van der Waals surface area contributed by atoms with E-state index in [0.717, 1.165) is 11.0 Å². The maximum absolute atomic E-state index is 12.7. The van der Waals surface area contributed by atoms with Gasteiger partial charge in [0.15, 0.2) is 0 Å². The molecule has 0 aliphatic carbocycles. The third-order valence-corrected chi connectivity index (χ3v) is 4.22. The van der Waals surface area contributed by atoms with Gasteiger partial charge in [-0.3, -0.25) is 14.1 Å². The van der Waals surface area contributed by atoms with E-state index in [1.807, 2.05) is 24.3 Å². The summed E-state index contributed by atoms with van der Waals surface area (Å²) in [5.41, 5.74) is 1.64. The Morgan fingerprint density at radius 1 is 1.15 bits per heavy atom. The van der Waals surface area contributed by atoms with E-state index in [1.165, 1.54) is 0 Å². The molecule has 20 heavy (non-hydrogen) atoms. The minimum atomic E-state index is -3.45. The van der Waals surface area contributed by atoms with Gasteiger partial charge in [-0.25, -0.2) is 9.55 Å². The molecule has 0 atom stereocenters. The second-order valence-corrected chi connectivity index (χ2v) is 6.66. The van der Waals surface area contributed by atoms with Crippen molar-refractivity contribution in [2.75, 3.05) is 5.09 Å². The Kier molecular flexibility index (Phi) is 4.48. The topological polar surface area (TPSA) is 76.2 Å². The number of hydrogen-bond donors (Lipinski definition) is 2. The Morgan fingerprint density at radius 3 is 2.30 bits per heavy atom. The normalized spacial score (nSPS) is 12.5. The third kappa shape index (κ3) is 3.82. The van der Waals surface area contributed by atoms with Gasteiger partial charge in [-0.1, -0.05) is 12.1 Å². The third-order valence-electron chi connectivity index (χ3n) is 2.33. The zero-order chi connectivity index (χ0) is 14.8. The summed E-state index contributed by atoms with van der Waals surface area (Å²) < 4.78 is 23.5. The predicted molar refractivity (Wildman–Crippen MR) is 79.8 cm³/mol. The van der Waals surface area contributed by atoms with E-state index >= 15 is 0 Å². The Bertz CT molecular complexity index is 577. The zero-order valence-electron chi connectivity index (χ0n) is 12.1. The Labute approximate surface area is 118 Å². The fraction of sp³-hybridized carbons (Fsp3) is 0.462. The first-order valence-electron chi connectivity index (χ1n) is 6.58. The molecule has 2 aromatic rings. The van der Waals surface area contributed by atoms with Crippen LogP contribution in [0.2, 0.25) is 0 Å². The van der Waals surface area contributed by atoms with E-state index in [9.17, 15) is 4.57 Å². The molecule has 7 heteroatoms. The lowest BCUT2D eigenvalue weighted by Gasteiger charge is -2.22. The summed E-state index contributed by atoms with van der Waals surface area (Å²) in [6, 6.07) is 7.56. The molecule has 0 amide bonds. The maximum atomic E-state index is 12.7. The van der Waals surface area contributed by atoms with Gasteiger partial charge in [-0.15, -0.1) is 0 Å². The van der Waals surface area contributed by atoms with Gasteiger partial charge in [0, 0.05) is 0 Å². The lowest BCUT2D eigenvalue weighted by atomic mass is 10.3. The monoisotopic (exact) mass is 297 g/mol. The summed E-state index contributed by atoms with van der Waals surface area (Å²) in [6.45, 7) is 7.21. The van der Waals surface area contributed by atoms with Gasteiger partial charge in [-0.05, 0) is 39.8 Å². The zero-order valence-corrected chi connectivity index (χ0v) is 13.0. The molecule has 0 spiro atoms. The quantitative estimate of drug-likeness (QED) is 0.790. The fourth-order valence-corrected chi connectivity index (χ4v) is 3.40. The van der Waals surface area contributed by atoms with E-state index in [-0.39, 0.29) is 12.2 Å². The molecule has 1 aromatic carbocycles. The molecule has 2 N–H and O–H groups in total. The van der Waals surface area contributed by atoms with E-state index in [2.05, 4.69) is 15.1 Å². The number of benzene rings is 1. The Balaban J connectivity index is 2.24. The van der Waals surface area contributed by atoms with E-state index < -0.39 is 7.75 Å². The minimum Gasteiger partial charge on any atom is -0.324 e. The average molecular weight is 297 g/mol. The van der Waals surface area contributed by atoms with Crippen molar-refractivity contribution >= 4 is 24.7 Å². The van der Waals surface area contributed by atoms with Gasteiger partial charge in [-0.2, -0.15) is 0 Å². The van der Waals surface area contributed by atoms with Crippen LogP contribution in [-0.2, 0) is 13.6 Å². The van der Waals surface area contributed by atoms with Crippen LogP contribution in [0.4, 0.5) is 5.95 Å². The molecule has 0 saturated heterocycles. The number of H-pyrrole nitrogens is 1. The van der Waals surface area contributed by atoms with E-state index in [1.54, 1.807) is 27.7 Å². The predicted octanol–water partition coefficient (Wildman–Crippen LogP) is 3.93. The number of fused-ring (bicyclic) bond motifs is 1. The van der Waals surface area contributed by atoms with Crippen LogP contribution in [-0.4, -0.2) is 22.2 Å². The number of aromatic nitrogens is 2. The number of nitrogens with one attached hydrogen (secondary N) is 2. The lowest BCUT2D eigenvalue weighted by molar-refractivity contribution is 0.146. The van der Waals surface area contributed by atoms with Crippen molar-refractivity contribution in [1.82, 2.24) is 9.97 Å². The van der Waals surface area contributed by atoms with Gasteiger partial charge < -0.3 is 4.98 Å². The van der Waals surface area contributed by atoms with E-state index in [0.29, 0.717) is 5.95 Å². The summed E-state index contributed by atoms with van der Waals surface area (Å²) in [7, 11) is -3.45. The number of imidazole rings is 1. The molecule has 6 nitrogen and oxygen atoms in total. The lowest BCUT2D eigenvalue weighted by Crippen LogP contribution is -2.13. The number of para-hydroxylation sites is 2. The molecule has 110 valence electrons. The van der Waals surface area contributed by atoms with E-state index in [4.69, 9.17) is 9.05 Å². The molecule has 0 radical (unpaired) electrons. The summed E-state index contributed by atoms with van der Waals surface area (Å²) in [6.07, 6.45) is -0.451. The molecule has 0 saturated carbocycles. The molecule has 0 unspecified atom stereocenters. The number of nitrogens with zero attached hydrogens (tertiary/aromatic N) is 1. The summed E-state index contributed by atoms with van der Waals surface area (Å²) in [5, 5.41) is 2.75. The highest BCUT2D eigenvalue weighted by Crippen LogP contribution is 2.49. The van der Waals surface area contributed by atoms with Gasteiger partial charge in [0.1, 0.15) is 0 Å². The highest BCUT2D eigenvalue weighted by Gasteiger charge is 2.29. The van der Waals surface area contributed by atoms with Crippen LogP contribution < -0.4 is 5.09 Å². The molecule has 2 rings (SSSR count). The summed E-state index contributed by atoms with van der Waals surface area (Å²) in [5.74, 6) is 0.371. The van der Waals surface area contributed by atoms with Crippen molar-refractivity contribution in [3.8, 4) is 0 Å². The molecule has 0 fully saturated rings. The Morgan fingerprint density at radius 2 is 1.75 bits per heavy atom. The fourth-order valence-electron chi connectivity index (χ4n) is 1.77. The highest BCUT2D eigenvalue weighted by molar-refractivity contribution is 7.55. The SMILES string of the molecule is CC(C)OP(=O)(Nc1nc2ccccc2[nH]1)OC(C)C. The van der Waals surface area contributed by atoms with Crippen LogP contribution in [0.3, 0.4) is 0 Å². The average Bonchev–Trinajstić information content (AvgIpc) is 2.67. The first-order valence-corrected chi connectivity index (χ1v) is 8.12. The first-order chi connectivity index (χ1) is 9.38. The number of aromatic amines is 1. The molecule has 0 aliphatic rings. The molecular formula is C13H20N3O3P. The molecule has 1 heterocycles. The summed E-state index contributed by atoms with van der Waals surface area (Å²) in [4.78, 5) is 7.36. The molecular weight excluding hydrogens is 277 g/mol. The number of hydrogen-bond acceptors (Lipinski definition) is 4.